The molecule has 1 amide bonds. The number of hydrogen-bond acceptors (Lipinski definition) is 8. The van der Waals surface area contributed by atoms with E-state index in [1.165, 1.54) is 0 Å². The van der Waals surface area contributed by atoms with E-state index in [9.17, 15) is 14.7 Å². The Morgan fingerprint density at radius 3 is 2.45 bits per heavy atom. The molecule has 0 unspecified atom stereocenters. The summed E-state index contributed by atoms with van der Waals surface area (Å²) in [6, 6.07) is 6.48. The normalized spacial score (nSPS) is 29.7. The van der Waals surface area contributed by atoms with E-state index in [2.05, 4.69) is 48.0 Å². The summed E-state index contributed by atoms with van der Waals surface area (Å²) in [5, 5.41) is 10.6. The van der Waals surface area contributed by atoms with Gasteiger partial charge in [-0.15, -0.1) is 0 Å². The number of benzene rings is 1. The first-order valence-electron chi connectivity index (χ1n) is 15.4. The molecule has 0 aliphatic carbocycles. The van der Waals surface area contributed by atoms with Crippen molar-refractivity contribution in [2.75, 3.05) is 64.4 Å². The molecule has 3 aliphatic heterocycles. The molecule has 0 saturated carbocycles. The molecule has 3 aliphatic rings. The van der Waals surface area contributed by atoms with Crippen LogP contribution in [0.2, 0.25) is 0 Å². The number of piperazine rings is 1. The second-order valence-corrected chi connectivity index (χ2v) is 12.3. The summed E-state index contributed by atoms with van der Waals surface area (Å²) < 4.78 is 17.6. The zero-order valence-electron chi connectivity index (χ0n) is 26.0. The molecule has 1 N–H and O–H groups in total. The maximum absolute atomic E-state index is 13.0. The van der Waals surface area contributed by atoms with Gasteiger partial charge in [0.1, 0.15) is 12.2 Å². The van der Waals surface area contributed by atoms with Gasteiger partial charge in [-0.05, 0) is 74.6 Å². The van der Waals surface area contributed by atoms with Gasteiger partial charge in [-0.25, -0.2) is 4.79 Å². The quantitative estimate of drug-likeness (QED) is 0.415. The number of aryl methyl sites for hydroxylation is 1. The summed E-state index contributed by atoms with van der Waals surface area (Å²) in [6.07, 6.45) is 4.90. The monoisotopic (exact) mass is 583 g/mol. The summed E-state index contributed by atoms with van der Waals surface area (Å²) in [5.74, 6) is -0.608. The lowest BCUT2D eigenvalue weighted by atomic mass is 9.91. The van der Waals surface area contributed by atoms with Crippen molar-refractivity contribution < 1.29 is 28.9 Å². The van der Waals surface area contributed by atoms with Crippen LogP contribution in [0.5, 0.6) is 0 Å². The Morgan fingerprint density at radius 1 is 1.02 bits per heavy atom. The smallest absolute Gasteiger partial charge is 0.410 e. The van der Waals surface area contributed by atoms with Crippen LogP contribution in [0.4, 0.5) is 10.5 Å². The lowest BCUT2D eigenvalue weighted by molar-refractivity contribution is -0.151. The van der Waals surface area contributed by atoms with Crippen molar-refractivity contribution in [2.24, 2.45) is 11.8 Å². The van der Waals surface area contributed by atoms with E-state index >= 15 is 0 Å². The van der Waals surface area contributed by atoms with Gasteiger partial charge < -0.3 is 34.0 Å². The number of rotatable bonds is 4. The first kappa shape index (κ1) is 32.0. The molecule has 1 aromatic rings. The molecule has 42 heavy (non-hydrogen) atoms. The highest BCUT2D eigenvalue weighted by molar-refractivity contribution is 5.71. The van der Waals surface area contributed by atoms with Crippen LogP contribution >= 0.6 is 0 Å². The molecule has 9 heteroatoms. The minimum absolute atomic E-state index is 0.0176. The Labute approximate surface area is 251 Å². The number of carbonyl (C=O) groups is 2. The van der Waals surface area contributed by atoms with Crippen LogP contribution in [0.1, 0.15) is 51.2 Å². The largest absolute Gasteiger partial charge is 0.457 e. The number of carbonyl (C=O) groups excluding carboxylic acids is 2. The summed E-state index contributed by atoms with van der Waals surface area (Å²) >= 11 is 0. The van der Waals surface area contributed by atoms with E-state index in [4.69, 9.17) is 14.2 Å². The molecule has 0 radical (unpaired) electrons. The van der Waals surface area contributed by atoms with Crippen molar-refractivity contribution in [1.82, 2.24) is 9.80 Å². The SMILES string of the molecule is C/C(=C\c1cc(C)cc(N2CCOCC2)c1)[C@H]1OC(=O)C[C@H](O)CC[C@H](C)[C@H](OC(=O)N2CCN(C)CC2)/C=C/[C@@H]1C. The number of nitrogens with zero attached hydrogens (tertiary/aromatic N) is 3. The maximum Gasteiger partial charge on any atom is 0.410 e. The molecular formula is C33H49N3O6. The summed E-state index contributed by atoms with van der Waals surface area (Å²) in [6.45, 7) is 14.2. The molecule has 5 atom stereocenters. The van der Waals surface area contributed by atoms with Gasteiger partial charge >= 0.3 is 12.1 Å². The van der Waals surface area contributed by atoms with Crippen LogP contribution in [0.3, 0.4) is 0 Å². The number of morpholine rings is 1. The third-order valence-electron chi connectivity index (χ3n) is 8.56. The van der Waals surface area contributed by atoms with Gasteiger partial charge in [0, 0.05) is 50.9 Å². The maximum atomic E-state index is 13.0. The minimum Gasteiger partial charge on any atom is -0.457 e. The standard InChI is InChI=1S/C33H49N3O6/c1-23-18-27(21-28(19-23)35-14-16-40-17-15-35)20-26(4)32-25(3)7-9-30(24(2)6-8-29(37)22-31(38)42-32)41-33(39)36-12-10-34(5)11-13-36/h7,9,18-21,24-25,29-30,32,37H,6,8,10-17,22H2,1-5H3/b9-7+,26-20+/t24-,25-,29+,30+,32-/m0/s1. The molecule has 2 fully saturated rings. The first-order valence-corrected chi connectivity index (χ1v) is 15.4. The molecule has 232 valence electrons. The number of aliphatic hydroxyl groups is 1. The zero-order chi connectivity index (χ0) is 30.2. The summed E-state index contributed by atoms with van der Waals surface area (Å²) in [5.41, 5.74) is 4.26. The third-order valence-corrected chi connectivity index (χ3v) is 8.56. The predicted octanol–water partition coefficient (Wildman–Crippen LogP) is 4.27. The van der Waals surface area contributed by atoms with Crippen LogP contribution in [0.25, 0.3) is 6.08 Å². The Kier molecular flexibility index (Phi) is 11.5. The number of aliphatic hydroxyl groups excluding tert-OH is 1. The fourth-order valence-corrected chi connectivity index (χ4v) is 5.85. The van der Waals surface area contributed by atoms with Crippen molar-refractivity contribution in [3.05, 3.63) is 47.1 Å². The van der Waals surface area contributed by atoms with Crippen LogP contribution in [0, 0.1) is 18.8 Å². The highest BCUT2D eigenvalue weighted by atomic mass is 16.6. The molecule has 0 aromatic heterocycles. The van der Waals surface area contributed by atoms with E-state index in [1.54, 1.807) is 4.90 Å². The molecule has 1 aromatic carbocycles. The zero-order valence-corrected chi connectivity index (χ0v) is 26.0. The number of cyclic esters (lactones) is 1. The molecule has 2 saturated heterocycles. The average Bonchev–Trinajstić information content (AvgIpc) is 2.96. The van der Waals surface area contributed by atoms with Gasteiger partial charge in [-0.3, -0.25) is 4.79 Å². The number of likely N-dealkylation sites (N-methyl/N-ethyl adjacent to an activating group) is 1. The number of ether oxygens (including phenoxy) is 3. The van der Waals surface area contributed by atoms with Gasteiger partial charge in [0.05, 0.1) is 25.7 Å². The van der Waals surface area contributed by atoms with E-state index in [-0.39, 0.29) is 24.3 Å². The highest BCUT2D eigenvalue weighted by Gasteiger charge is 2.29. The Hall–Kier alpha value is -2.88. The topological polar surface area (TPSA) is 91.8 Å². The van der Waals surface area contributed by atoms with Crippen molar-refractivity contribution in [1.29, 1.82) is 0 Å². The summed E-state index contributed by atoms with van der Waals surface area (Å²) in [7, 11) is 2.05. The number of amides is 1. The van der Waals surface area contributed by atoms with Crippen molar-refractivity contribution in [3.63, 3.8) is 0 Å². The Balaban J connectivity index is 1.56. The predicted molar refractivity (Wildman–Crippen MR) is 164 cm³/mol. The van der Waals surface area contributed by atoms with E-state index in [1.807, 2.05) is 32.9 Å². The highest BCUT2D eigenvalue weighted by Crippen LogP contribution is 2.27. The van der Waals surface area contributed by atoms with Gasteiger partial charge in [0.25, 0.3) is 0 Å². The second kappa shape index (κ2) is 15.0. The molecule has 3 heterocycles. The van der Waals surface area contributed by atoms with E-state index in [0.717, 1.165) is 61.8 Å². The van der Waals surface area contributed by atoms with Crippen LogP contribution in [-0.2, 0) is 19.0 Å². The molecule has 0 spiro atoms. The van der Waals surface area contributed by atoms with Crippen LogP contribution in [0.15, 0.2) is 35.9 Å². The van der Waals surface area contributed by atoms with Crippen LogP contribution in [-0.4, -0.2) is 105 Å². The third kappa shape index (κ3) is 9.06. The Bertz CT molecular complexity index is 1120. The molecule has 0 bridgehead atoms. The van der Waals surface area contributed by atoms with Crippen molar-refractivity contribution in [3.8, 4) is 0 Å². The van der Waals surface area contributed by atoms with E-state index in [0.29, 0.717) is 25.9 Å². The first-order chi connectivity index (χ1) is 20.1. The van der Waals surface area contributed by atoms with Gasteiger partial charge in [-0.2, -0.15) is 0 Å². The number of hydrogen-bond donors (Lipinski definition) is 1. The lowest BCUT2D eigenvalue weighted by Gasteiger charge is -2.33. The lowest BCUT2D eigenvalue weighted by Crippen LogP contribution is -2.48. The molecule has 9 nitrogen and oxygen atoms in total. The molecular weight excluding hydrogens is 534 g/mol. The van der Waals surface area contributed by atoms with Crippen LogP contribution < -0.4 is 4.90 Å². The molecule has 4 rings (SSSR count). The van der Waals surface area contributed by atoms with Crippen molar-refractivity contribution >= 4 is 23.8 Å². The van der Waals surface area contributed by atoms with Gasteiger partial charge in [0.15, 0.2) is 0 Å². The average molecular weight is 584 g/mol. The van der Waals surface area contributed by atoms with Crippen molar-refractivity contribution in [2.45, 2.75) is 65.3 Å². The fraction of sp³-hybridized carbons (Fsp3) is 0.636. The van der Waals surface area contributed by atoms with Gasteiger partial charge in [0.2, 0.25) is 0 Å². The van der Waals surface area contributed by atoms with E-state index < -0.39 is 24.3 Å². The second-order valence-electron chi connectivity index (χ2n) is 12.3. The minimum atomic E-state index is -0.814. The Morgan fingerprint density at radius 2 is 1.74 bits per heavy atom. The fourth-order valence-electron chi connectivity index (χ4n) is 5.85. The van der Waals surface area contributed by atoms with Gasteiger partial charge in [-0.1, -0.05) is 32.1 Å². The number of anilines is 1. The number of esters is 1. The summed E-state index contributed by atoms with van der Waals surface area (Å²) in [4.78, 5) is 32.2.